The Bertz CT molecular complexity index is 1750. The number of nitrogens with zero attached hydrogens (tertiary/aromatic N) is 7. The van der Waals surface area contributed by atoms with Gasteiger partial charge in [-0.15, -0.1) is 10.2 Å². The van der Waals surface area contributed by atoms with Gasteiger partial charge in [0.25, 0.3) is 5.91 Å². The van der Waals surface area contributed by atoms with E-state index in [0.717, 1.165) is 72.3 Å². The fourth-order valence-electron chi connectivity index (χ4n) is 6.16. The molecule has 1 aliphatic carbocycles. The first-order valence-electron chi connectivity index (χ1n) is 15.8. The molecule has 13 nitrogen and oxygen atoms in total. The minimum atomic E-state index is -0.829. The van der Waals surface area contributed by atoms with Crippen molar-refractivity contribution in [1.82, 2.24) is 30.5 Å². The number of carbonyl (C=O) groups is 2. The second-order valence-electron chi connectivity index (χ2n) is 11.8. The van der Waals surface area contributed by atoms with Gasteiger partial charge in [0, 0.05) is 12.0 Å². The fourth-order valence-corrected chi connectivity index (χ4v) is 6.16. The summed E-state index contributed by atoms with van der Waals surface area (Å²) < 4.78 is 5.39. The predicted molar refractivity (Wildman–Crippen MR) is 170 cm³/mol. The second-order valence-corrected chi connectivity index (χ2v) is 11.8. The van der Waals surface area contributed by atoms with Gasteiger partial charge in [0.05, 0.1) is 18.5 Å². The second kappa shape index (κ2) is 14.3. The van der Waals surface area contributed by atoms with E-state index in [1.54, 1.807) is 24.3 Å². The highest BCUT2D eigenvalue weighted by Crippen LogP contribution is 2.40. The minimum Gasteiger partial charge on any atom is -0.442 e. The maximum atomic E-state index is 13.6. The van der Waals surface area contributed by atoms with Crippen LogP contribution >= 0.6 is 0 Å². The van der Waals surface area contributed by atoms with Gasteiger partial charge in [0.1, 0.15) is 18.0 Å². The number of ether oxygens (including phenoxy) is 1. The van der Waals surface area contributed by atoms with Crippen LogP contribution in [-0.2, 0) is 34.1 Å². The molecule has 0 radical (unpaired) electrons. The number of carbonyl (C=O) groups excluding carboxylic acids is 2. The molecule has 0 unspecified atom stereocenters. The zero-order valence-electron chi connectivity index (χ0n) is 26.2. The van der Waals surface area contributed by atoms with Crippen molar-refractivity contribution in [1.29, 1.82) is 0 Å². The third kappa shape index (κ3) is 7.13. The molecule has 2 heterocycles. The lowest BCUT2D eigenvalue weighted by atomic mass is 9.97. The van der Waals surface area contributed by atoms with Crippen molar-refractivity contribution >= 4 is 17.8 Å². The molecule has 1 saturated carbocycles. The van der Waals surface area contributed by atoms with Gasteiger partial charge in [-0.2, -0.15) is 0 Å². The van der Waals surface area contributed by atoms with Crippen molar-refractivity contribution in [3.63, 3.8) is 0 Å². The first kappa shape index (κ1) is 32.1. The van der Waals surface area contributed by atoms with Crippen LogP contribution in [0.5, 0.6) is 0 Å². The van der Waals surface area contributed by atoms with Crippen molar-refractivity contribution in [2.24, 2.45) is 4.99 Å². The highest BCUT2D eigenvalue weighted by molar-refractivity contribution is 6.08. The molecule has 6 rings (SSSR count). The first-order chi connectivity index (χ1) is 22.9. The van der Waals surface area contributed by atoms with Crippen LogP contribution in [0.4, 0.5) is 4.79 Å². The highest BCUT2D eigenvalue weighted by atomic mass is 17.1. The van der Waals surface area contributed by atoms with Crippen molar-refractivity contribution in [2.45, 2.75) is 77.2 Å². The van der Waals surface area contributed by atoms with Crippen LogP contribution in [0.2, 0.25) is 0 Å². The molecule has 0 bridgehead atoms. The third-order valence-corrected chi connectivity index (χ3v) is 8.64. The Balaban J connectivity index is 1.14. The predicted octanol–water partition coefficient (Wildman–Crippen LogP) is 5.95. The molecule has 1 aromatic heterocycles. The molecule has 2 N–H and O–H groups in total. The number of aromatic nitrogens is 4. The van der Waals surface area contributed by atoms with Crippen molar-refractivity contribution in [3.8, 4) is 22.5 Å². The van der Waals surface area contributed by atoms with E-state index >= 15 is 0 Å². The van der Waals surface area contributed by atoms with Crippen LogP contribution < -0.4 is 0 Å². The SMILES string of the molecule is CCCCC1=NC2(CCCC2)C(=O)N1Cc1ccc(-c2ccccc2-c2nnn(C(=O)OCc3ccccc3CON(O)O)n2)cc1. The molecule has 244 valence electrons. The molecular formula is C34H37N7O6. The number of amides is 1. The number of amidine groups is 1. The summed E-state index contributed by atoms with van der Waals surface area (Å²) in [6.45, 7) is 2.37. The van der Waals surface area contributed by atoms with Gasteiger partial charge in [0.2, 0.25) is 5.82 Å². The van der Waals surface area contributed by atoms with Crippen molar-refractivity contribution < 1.29 is 29.6 Å². The summed E-state index contributed by atoms with van der Waals surface area (Å²) in [4.78, 5) is 38.7. The molecule has 1 aliphatic heterocycles. The smallest absolute Gasteiger partial charge is 0.442 e. The molecule has 4 aromatic rings. The topological polar surface area (TPSA) is 156 Å². The fraction of sp³-hybridized carbons (Fsp3) is 0.353. The Labute approximate surface area is 271 Å². The molecule has 1 amide bonds. The van der Waals surface area contributed by atoms with E-state index in [2.05, 4.69) is 27.2 Å². The highest BCUT2D eigenvalue weighted by Gasteiger charge is 2.49. The van der Waals surface area contributed by atoms with Crippen LogP contribution in [-0.4, -0.2) is 64.3 Å². The number of tetrazole rings is 1. The molecular weight excluding hydrogens is 602 g/mol. The Morgan fingerprint density at radius 1 is 0.936 bits per heavy atom. The quantitative estimate of drug-likeness (QED) is 0.178. The number of hydrogen-bond acceptors (Lipinski definition) is 11. The average Bonchev–Trinajstić information content (AvgIpc) is 3.84. The molecule has 1 spiro atoms. The lowest BCUT2D eigenvalue weighted by Gasteiger charge is -2.23. The van der Waals surface area contributed by atoms with Gasteiger partial charge < -0.3 is 4.74 Å². The molecule has 2 aliphatic rings. The maximum absolute atomic E-state index is 13.6. The standard InChI is InChI=1S/C34H37N7O6/c1-2-3-14-30-35-34(19-8-9-20-34)32(42)39(30)21-24-15-17-25(18-16-24)28-12-6-7-13-29(28)31-36-38-40(37-31)33(43)46-22-26-10-4-5-11-27(26)23-47-41(44)45/h4-7,10-13,15-18,44-45H,2-3,8-9,14,19-23H2,1H3. The maximum Gasteiger partial charge on any atom is 0.454 e. The van der Waals surface area contributed by atoms with E-state index in [-0.39, 0.29) is 30.3 Å². The third-order valence-electron chi connectivity index (χ3n) is 8.64. The monoisotopic (exact) mass is 639 g/mol. The van der Waals surface area contributed by atoms with Gasteiger partial charge >= 0.3 is 6.09 Å². The molecule has 0 saturated heterocycles. The Morgan fingerprint density at radius 3 is 2.32 bits per heavy atom. The van der Waals surface area contributed by atoms with E-state index in [4.69, 9.17) is 20.1 Å². The molecule has 1 fully saturated rings. The van der Waals surface area contributed by atoms with Gasteiger partial charge in [-0.1, -0.05) is 104 Å². The first-order valence-corrected chi connectivity index (χ1v) is 15.8. The van der Waals surface area contributed by atoms with Crippen LogP contribution in [0.15, 0.2) is 77.8 Å². The van der Waals surface area contributed by atoms with Crippen molar-refractivity contribution in [3.05, 3.63) is 89.5 Å². The van der Waals surface area contributed by atoms with Crippen LogP contribution in [0, 0.1) is 0 Å². The van der Waals surface area contributed by atoms with Crippen LogP contribution in [0.3, 0.4) is 0 Å². The number of benzene rings is 3. The zero-order chi connectivity index (χ0) is 32.8. The normalized spacial score (nSPS) is 15.5. The summed E-state index contributed by atoms with van der Waals surface area (Å²) in [5, 5.41) is 29.6. The lowest BCUT2D eigenvalue weighted by Crippen LogP contribution is -2.40. The Hall–Kier alpha value is -4.82. The van der Waals surface area contributed by atoms with Crippen LogP contribution in [0.25, 0.3) is 22.5 Å². The summed E-state index contributed by atoms with van der Waals surface area (Å²) in [6.07, 6.45) is 5.80. The van der Waals surface area contributed by atoms with E-state index in [9.17, 15) is 9.59 Å². The van der Waals surface area contributed by atoms with E-state index in [1.807, 2.05) is 53.4 Å². The van der Waals surface area contributed by atoms with Crippen molar-refractivity contribution in [2.75, 3.05) is 0 Å². The minimum absolute atomic E-state index is 0.120. The molecule has 47 heavy (non-hydrogen) atoms. The van der Waals surface area contributed by atoms with E-state index in [0.29, 0.717) is 23.2 Å². The summed E-state index contributed by atoms with van der Waals surface area (Å²) in [6, 6.07) is 22.6. The summed E-state index contributed by atoms with van der Waals surface area (Å²) >= 11 is 0. The Morgan fingerprint density at radius 2 is 1.62 bits per heavy atom. The largest absolute Gasteiger partial charge is 0.454 e. The Kier molecular flexibility index (Phi) is 9.78. The number of unbranched alkanes of at least 4 members (excludes halogenated alkanes) is 1. The lowest BCUT2D eigenvalue weighted by molar-refractivity contribution is -0.497. The molecule has 0 atom stereocenters. The summed E-state index contributed by atoms with van der Waals surface area (Å²) in [5.74, 6) is 1.31. The van der Waals surface area contributed by atoms with Gasteiger partial charge in [0.15, 0.2) is 0 Å². The molecule has 13 heteroatoms. The summed E-state index contributed by atoms with van der Waals surface area (Å²) in [5.41, 5.74) is 4.13. The number of hydrogen-bond donors (Lipinski definition) is 2. The molecule has 3 aromatic carbocycles. The van der Waals surface area contributed by atoms with Gasteiger partial charge in [-0.05, 0) is 52.3 Å². The zero-order valence-corrected chi connectivity index (χ0v) is 26.2. The average molecular weight is 640 g/mol. The number of rotatable bonds is 12. The van der Waals surface area contributed by atoms with E-state index < -0.39 is 11.6 Å². The van der Waals surface area contributed by atoms with Gasteiger partial charge in [-0.3, -0.25) is 25.1 Å². The van der Waals surface area contributed by atoms with E-state index in [1.165, 1.54) is 0 Å². The van der Waals surface area contributed by atoms with Gasteiger partial charge in [-0.25, -0.2) is 9.63 Å². The van der Waals surface area contributed by atoms with Crippen LogP contribution in [0.1, 0.15) is 68.6 Å². The summed E-state index contributed by atoms with van der Waals surface area (Å²) in [7, 11) is 0. The number of aliphatic imine (C=N–C) groups is 1.